The lowest BCUT2D eigenvalue weighted by molar-refractivity contribution is -0.385. The Morgan fingerprint density at radius 2 is 1.37 bits per heavy atom. The van der Waals surface area contributed by atoms with E-state index in [1.807, 2.05) is 30.0 Å². The van der Waals surface area contributed by atoms with Crippen molar-refractivity contribution in [2.45, 2.75) is 6.92 Å². The number of fused-ring (bicyclic) bond motifs is 2. The summed E-state index contributed by atoms with van der Waals surface area (Å²) in [6.45, 7) is 3.31. The molecular formula is C35H39N3O11. The lowest BCUT2D eigenvalue weighted by Crippen LogP contribution is -2.36. The van der Waals surface area contributed by atoms with Crippen molar-refractivity contribution in [3.63, 3.8) is 0 Å². The van der Waals surface area contributed by atoms with E-state index >= 15 is 0 Å². The number of carbonyl (C=O) groups is 3. The molecule has 3 aromatic carbocycles. The maximum atomic E-state index is 12.4. The molecule has 14 heteroatoms. The summed E-state index contributed by atoms with van der Waals surface area (Å²) in [5.74, 6) is -0.567. The van der Waals surface area contributed by atoms with Crippen LogP contribution in [0, 0.1) is 17.0 Å². The van der Waals surface area contributed by atoms with Gasteiger partial charge in [0.2, 0.25) is 0 Å². The zero-order valence-corrected chi connectivity index (χ0v) is 27.8. The van der Waals surface area contributed by atoms with Gasteiger partial charge in [-0.2, -0.15) is 0 Å². The van der Waals surface area contributed by atoms with E-state index in [4.69, 9.17) is 23.7 Å². The van der Waals surface area contributed by atoms with E-state index in [0.717, 1.165) is 5.56 Å². The maximum absolute atomic E-state index is 12.4. The third-order valence-electron chi connectivity index (χ3n) is 7.59. The monoisotopic (exact) mass is 677 g/mol. The van der Waals surface area contributed by atoms with Crippen molar-refractivity contribution >= 4 is 47.1 Å². The molecule has 0 radical (unpaired) electrons. The number of nitro benzene ring substituents is 1. The van der Waals surface area contributed by atoms with Crippen LogP contribution in [0.3, 0.4) is 0 Å². The Kier molecular flexibility index (Phi) is 12.9. The van der Waals surface area contributed by atoms with E-state index in [0.29, 0.717) is 41.5 Å². The molecule has 1 aliphatic rings. The minimum atomic E-state index is -0.680. The molecule has 0 spiro atoms. The number of rotatable bonds is 8. The Bertz CT molecular complexity index is 1690. The quantitative estimate of drug-likeness (QED) is 0.109. The van der Waals surface area contributed by atoms with Crippen LogP contribution >= 0.6 is 0 Å². The number of methoxy groups -OCH3 is 3. The van der Waals surface area contributed by atoms with Crippen molar-refractivity contribution in [2.75, 3.05) is 83.7 Å². The number of carbonyl (C=O) groups excluding carboxylic acids is 3. The SMILES string of the molecule is COC(=O)CN1CCOCCN(CC(=O)OC)c2ccc(C=Cc3ccc(C(=O)OC)cc3[N+](=O)[O-])cc2OCCOc2cc(C)ccc21. The largest absolute Gasteiger partial charge is 0.488 e. The molecule has 0 saturated heterocycles. The highest BCUT2D eigenvalue weighted by Gasteiger charge is 2.21. The van der Waals surface area contributed by atoms with Crippen LogP contribution in [-0.2, 0) is 28.5 Å². The van der Waals surface area contributed by atoms with Crippen molar-refractivity contribution in [1.82, 2.24) is 0 Å². The average molecular weight is 678 g/mol. The van der Waals surface area contributed by atoms with Gasteiger partial charge in [-0.1, -0.05) is 18.2 Å². The zero-order chi connectivity index (χ0) is 35.3. The van der Waals surface area contributed by atoms with Crippen LogP contribution in [0.2, 0.25) is 0 Å². The highest BCUT2D eigenvalue weighted by molar-refractivity contribution is 5.91. The lowest BCUT2D eigenvalue weighted by atomic mass is 10.1. The zero-order valence-electron chi connectivity index (χ0n) is 27.8. The maximum Gasteiger partial charge on any atom is 0.338 e. The van der Waals surface area contributed by atoms with Crippen molar-refractivity contribution in [2.24, 2.45) is 0 Å². The third kappa shape index (κ3) is 9.93. The van der Waals surface area contributed by atoms with Gasteiger partial charge in [-0.25, -0.2) is 4.79 Å². The standard InChI is InChI=1S/C35H39N3O11/c1-24-5-11-28-31(19-24)48-17-18-49-32-20-25(6-8-26-9-10-27(35(41)46-4)21-30(26)38(42)43)7-12-29(32)37(23-34(40)45-3)14-16-47-15-13-36(28)22-33(39)44-2/h5-12,19-21H,13-18,22-23H2,1-4H3. The summed E-state index contributed by atoms with van der Waals surface area (Å²) >= 11 is 0. The first-order valence-corrected chi connectivity index (χ1v) is 15.4. The van der Waals surface area contributed by atoms with Gasteiger partial charge in [0.15, 0.2) is 0 Å². The van der Waals surface area contributed by atoms with Crippen molar-refractivity contribution in [3.05, 3.63) is 87.0 Å². The second-order valence-corrected chi connectivity index (χ2v) is 10.9. The first-order valence-electron chi connectivity index (χ1n) is 15.4. The molecule has 0 saturated carbocycles. The Balaban J connectivity index is 1.66. The lowest BCUT2D eigenvalue weighted by Gasteiger charge is -2.27. The van der Waals surface area contributed by atoms with Gasteiger partial charge in [0.25, 0.3) is 5.69 Å². The summed E-state index contributed by atoms with van der Waals surface area (Å²) < 4.78 is 32.9. The van der Waals surface area contributed by atoms with Crippen LogP contribution in [-0.4, -0.2) is 96.8 Å². The molecule has 0 aromatic heterocycles. The Morgan fingerprint density at radius 3 is 1.94 bits per heavy atom. The van der Waals surface area contributed by atoms with Crippen molar-refractivity contribution < 1.29 is 47.7 Å². The second-order valence-electron chi connectivity index (χ2n) is 10.9. The molecule has 0 aliphatic carbocycles. The minimum Gasteiger partial charge on any atom is -0.488 e. The highest BCUT2D eigenvalue weighted by atomic mass is 16.6. The van der Waals surface area contributed by atoms with Crippen molar-refractivity contribution in [3.8, 4) is 11.5 Å². The van der Waals surface area contributed by atoms with Crippen LogP contribution < -0.4 is 19.3 Å². The molecule has 0 unspecified atom stereocenters. The van der Waals surface area contributed by atoms with E-state index in [2.05, 4.69) is 4.74 Å². The molecule has 0 atom stereocenters. The molecule has 1 heterocycles. The van der Waals surface area contributed by atoms with E-state index in [-0.39, 0.29) is 56.3 Å². The van der Waals surface area contributed by atoms with Gasteiger partial charge in [0, 0.05) is 19.2 Å². The van der Waals surface area contributed by atoms with E-state index in [1.165, 1.54) is 39.5 Å². The summed E-state index contributed by atoms with van der Waals surface area (Å²) in [4.78, 5) is 51.4. The second kappa shape index (κ2) is 17.5. The van der Waals surface area contributed by atoms with Crippen LogP contribution in [0.4, 0.5) is 17.1 Å². The predicted molar refractivity (Wildman–Crippen MR) is 181 cm³/mol. The fraction of sp³-hybridized carbons (Fsp3) is 0.343. The Labute approximate surface area is 283 Å². The number of nitro groups is 1. The summed E-state index contributed by atoms with van der Waals surface area (Å²) in [7, 11) is 3.84. The molecule has 0 fully saturated rings. The summed E-state index contributed by atoms with van der Waals surface area (Å²) in [6.07, 6.45) is 3.24. The number of nitrogens with zero attached hydrogens (tertiary/aromatic N) is 3. The molecular weight excluding hydrogens is 638 g/mol. The van der Waals surface area contributed by atoms with Gasteiger partial charge in [-0.3, -0.25) is 19.7 Å². The van der Waals surface area contributed by atoms with E-state index in [9.17, 15) is 24.5 Å². The fourth-order valence-electron chi connectivity index (χ4n) is 5.05. The molecule has 4 rings (SSSR count). The first-order chi connectivity index (χ1) is 23.6. The predicted octanol–water partition coefficient (Wildman–Crippen LogP) is 4.31. The van der Waals surface area contributed by atoms with Crippen LogP contribution in [0.25, 0.3) is 12.2 Å². The third-order valence-corrected chi connectivity index (χ3v) is 7.59. The Morgan fingerprint density at radius 1 is 0.776 bits per heavy atom. The van der Waals surface area contributed by atoms with E-state index < -0.39 is 22.8 Å². The highest BCUT2D eigenvalue weighted by Crippen LogP contribution is 2.33. The molecule has 3 aromatic rings. The van der Waals surface area contributed by atoms with Gasteiger partial charge in [0.1, 0.15) is 37.8 Å². The van der Waals surface area contributed by atoms with Gasteiger partial charge < -0.3 is 38.2 Å². The summed E-state index contributed by atoms with van der Waals surface area (Å²) in [5.41, 5.74) is 2.99. The molecule has 1 aliphatic heterocycles. The number of anilines is 2. The van der Waals surface area contributed by atoms with Crippen LogP contribution in [0.1, 0.15) is 27.0 Å². The van der Waals surface area contributed by atoms with Crippen LogP contribution in [0.5, 0.6) is 11.5 Å². The summed E-state index contributed by atoms with van der Waals surface area (Å²) in [5, 5.41) is 11.8. The molecule has 0 bridgehead atoms. The number of hydrogen-bond acceptors (Lipinski definition) is 13. The molecule has 0 N–H and O–H groups in total. The van der Waals surface area contributed by atoms with Gasteiger partial charge >= 0.3 is 17.9 Å². The number of ether oxygens (including phenoxy) is 6. The smallest absolute Gasteiger partial charge is 0.338 e. The normalized spacial score (nSPS) is 13.9. The number of hydrogen-bond donors (Lipinski definition) is 0. The van der Waals surface area contributed by atoms with Gasteiger partial charge in [-0.05, 0) is 60.5 Å². The molecule has 14 nitrogen and oxygen atoms in total. The van der Waals surface area contributed by atoms with Crippen LogP contribution in [0.15, 0.2) is 54.6 Å². The van der Waals surface area contributed by atoms with Gasteiger partial charge in [0.05, 0.1) is 62.0 Å². The van der Waals surface area contributed by atoms with Gasteiger partial charge in [-0.15, -0.1) is 0 Å². The topological polar surface area (TPSA) is 156 Å². The Hall–Kier alpha value is -5.63. The molecule has 49 heavy (non-hydrogen) atoms. The minimum absolute atomic E-state index is 0.00936. The van der Waals surface area contributed by atoms with Crippen molar-refractivity contribution in [1.29, 1.82) is 0 Å². The number of benzene rings is 3. The van der Waals surface area contributed by atoms with E-state index in [1.54, 1.807) is 35.3 Å². The number of aryl methyl sites for hydroxylation is 1. The average Bonchev–Trinajstić information content (AvgIpc) is 3.11. The molecule has 260 valence electrons. The first kappa shape index (κ1) is 36.2. The fourth-order valence-corrected chi connectivity index (χ4v) is 5.05. The summed E-state index contributed by atoms with van der Waals surface area (Å²) in [6, 6.07) is 15.1. The molecule has 0 amide bonds. The number of esters is 3.